The number of hydrogen-bond donors (Lipinski definition) is 3. The number of allylic oxidation sites excluding steroid dienone is 1. The van der Waals surface area contributed by atoms with E-state index in [1.54, 1.807) is 0 Å². The molecule has 0 saturated heterocycles. The molecule has 128 valence electrons. The Bertz CT molecular complexity index is 484. The maximum absolute atomic E-state index is 10.3. The number of hydrogen-bond acceptors (Lipinski definition) is 3. The van der Waals surface area contributed by atoms with Gasteiger partial charge in [0.25, 0.3) is 0 Å². The van der Waals surface area contributed by atoms with Crippen LogP contribution in [0.25, 0.3) is 0 Å². The molecule has 5 aliphatic rings. The third-order valence-corrected chi connectivity index (χ3v) is 7.21. The topological polar surface area (TPSA) is 52.5 Å². The molecule has 0 unspecified atom stereocenters. The van der Waals surface area contributed by atoms with Gasteiger partial charge in [0.1, 0.15) is 6.10 Å². The van der Waals surface area contributed by atoms with Gasteiger partial charge in [-0.25, -0.2) is 0 Å². The van der Waals surface area contributed by atoms with E-state index in [-0.39, 0.29) is 5.92 Å². The molecular weight excluding hydrogens is 286 g/mol. The molecule has 5 rings (SSSR count). The fourth-order valence-electron chi connectivity index (χ4n) is 6.11. The molecule has 0 radical (unpaired) electrons. The lowest BCUT2D eigenvalue weighted by Gasteiger charge is -2.54. The molecule has 3 heteroatoms. The van der Waals surface area contributed by atoms with Crippen LogP contribution in [-0.2, 0) is 0 Å². The zero-order valence-corrected chi connectivity index (χ0v) is 14.2. The van der Waals surface area contributed by atoms with Gasteiger partial charge in [-0.05, 0) is 74.7 Å². The van der Waals surface area contributed by atoms with Gasteiger partial charge in [0.15, 0.2) is 0 Å². The summed E-state index contributed by atoms with van der Waals surface area (Å²) in [5.41, 5.74) is 1.93. The van der Waals surface area contributed by atoms with Crippen molar-refractivity contribution in [3.05, 3.63) is 23.8 Å². The Hall–Kier alpha value is -0.640. The summed E-state index contributed by atoms with van der Waals surface area (Å²) < 4.78 is 0. The van der Waals surface area contributed by atoms with Crippen LogP contribution in [0.5, 0.6) is 0 Å². The quantitative estimate of drug-likeness (QED) is 0.699. The lowest BCUT2D eigenvalue weighted by atomic mass is 9.54. The smallest absolute Gasteiger partial charge is 0.101 e. The van der Waals surface area contributed by atoms with E-state index >= 15 is 0 Å². The number of rotatable bonds is 4. The van der Waals surface area contributed by atoms with Crippen molar-refractivity contribution in [1.29, 1.82) is 0 Å². The predicted molar refractivity (Wildman–Crippen MR) is 91.9 cm³/mol. The van der Waals surface area contributed by atoms with E-state index < -0.39 is 12.2 Å². The molecule has 3 nitrogen and oxygen atoms in total. The Morgan fingerprint density at radius 1 is 1.13 bits per heavy atom. The van der Waals surface area contributed by atoms with Crippen LogP contribution >= 0.6 is 0 Å². The van der Waals surface area contributed by atoms with Crippen LogP contribution in [0.2, 0.25) is 0 Å². The van der Waals surface area contributed by atoms with Crippen LogP contribution in [0.1, 0.15) is 45.4 Å². The molecule has 3 N–H and O–H groups in total. The third-order valence-electron chi connectivity index (χ3n) is 7.21. The number of aliphatic hydroxyl groups excluding tert-OH is 2. The molecular formula is C20H31NO2. The number of nitrogens with one attached hydrogen (secondary N) is 1. The van der Waals surface area contributed by atoms with Crippen molar-refractivity contribution in [1.82, 2.24) is 5.32 Å². The van der Waals surface area contributed by atoms with Crippen LogP contribution in [0.15, 0.2) is 23.8 Å². The summed E-state index contributed by atoms with van der Waals surface area (Å²) >= 11 is 0. The highest BCUT2D eigenvalue weighted by atomic mass is 16.3. The van der Waals surface area contributed by atoms with E-state index in [4.69, 9.17) is 0 Å². The molecule has 0 aromatic heterocycles. The van der Waals surface area contributed by atoms with Crippen molar-refractivity contribution >= 4 is 0 Å². The van der Waals surface area contributed by atoms with Crippen LogP contribution in [0, 0.1) is 29.6 Å². The zero-order chi connectivity index (χ0) is 16.1. The maximum atomic E-state index is 10.3. The van der Waals surface area contributed by atoms with E-state index in [0.717, 1.165) is 47.8 Å². The molecule has 0 spiro atoms. The van der Waals surface area contributed by atoms with Gasteiger partial charge in [-0.15, -0.1) is 0 Å². The minimum absolute atomic E-state index is 0.0157. The third kappa shape index (κ3) is 2.81. The van der Waals surface area contributed by atoms with Crippen molar-refractivity contribution in [2.45, 2.75) is 63.7 Å². The Kier molecular flexibility index (Phi) is 4.15. The highest BCUT2D eigenvalue weighted by Gasteiger charge is 2.48. The average molecular weight is 317 g/mol. The first-order valence-electron chi connectivity index (χ1n) is 9.46. The normalized spacial score (nSPS) is 48.4. The lowest BCUT2D eigenvalue weighted by Crippen LogP contribution is -2.55. The van der Waals surface area contributed by atoms with Gasteiger partial charge in [-0.2, -0.15) is 0 Å². The Morgan fingerprint density at radius 2 is 1.74 bits per heavy atom. The molecule has 0 amide bonds. The summed E-state index contributed by atoms with van der Waals surface area (Å²) in [7, 11) is 0. The fourth-order valence-corrected chi connectivity index (χ4v) is 6.11. The van der Waals surface area contributed by atoms with Gasteiger partial charge >= 0.3 is 0 Å². The minimum atomic E-state index is -0.730. The van der Waals surface area contributed by atoms with E-state index in [1.807, 2.05) is 6.92 Å². The van der Waals surface area contributed by atoms with Gasteiger partial charge in [-0.3, -0.25) is 0 Å². The first-order valence-corrected chi connectivity index (χ1v) is 9.46. The van der Waals surface area contributed by atoms with Gasteiger partial charge in [0.2, 0.25) is 0 Å². The molecule has 0 aliphatic heterocycles. The van der Waals surface area contributed by atoms with Crippen molar-refractivity contribution in [3.63, 3.8) is 0 Å². The second-order valence-corrected chi connectivity index (χ2v) is 8.72. The highest BCUT2D eigenvalue weighted by molar-refractivity contribution is 5.20. The standard InChI is InChI=1S/C20H31NO2/c1-11-3-4-17(20(23)19(11)22)12(2)10-21-18-15-6-13-5-14(8-15)9-16(18)7-13/h3,13-23H,2,4-10H2,1H3/t13?,14?,15?,16?,17-,18?,19+,20+/m0/s1. The van der Waals surface area contributed by atoms with E-state index in [2.05, 4.69) is 18.0 Å². The SMILES string of the molecule is C=C(CNC1C2CC3CC(C2)CC1C3)[C@@H]1CC=C(C)[C@@H](O)[C@@H]1O. The van der Waals surface area contributed by atoms with E-state index in [0.29, 0.717) is 6.04 Å². The monoisotopic (exact) mass is 317 g/mol. The molecule has 23 heavy (non-hydrogen) atoms. The summed E-state index contributed by atoms with van der Waals surface area (Å²) in [6.45, 7) is 6.90. The van der Waals surface area contributed by atoms with Gasteiger partial charge in [0.05, 0.1) is 6.10 Å². The van der Waals surface area contributed by atoms with Crippen molar-refractivity contribution in [2.75, 3.05) is 6.54 Å². The van der Waals surface area contributed by atoms with Crippen LogP contribution in [-0.4, -0.2) is 35.0 Å². The van der Waals surface area contributed by atoms with Crippen molar-refractivity contribution < 1.29 is 10.2 Å². The molecule has 5 aliphatic carbocycles. The van der Waals surface area contributed by atoms with Crippen molar-refractivity contribution in [2.24, 2.45) is 29.6 Å². The Morgan fingerprint density at radius 3 is 2.35 bits per heavy atom. The average Bonchev–Trinajstić information content (AvgIpc) is 2.51. The molecule has 3 atom stereocenters. The van der Waals surface area contributed by atoms with Crippen molar-refractivity contribution in [3.8, 4) is 0 Å². The van der Waals surface area contributed by atoms with Gasteiger partial charge < -0.3 is 15.5 Å². The lowest BCUT2D eigenvalue weighted by molar-refractivity contribution is -0.0145. The summed E-state index contributed by atoms with van der Waals surface area (Å²) in [6.07, 6.45) is 8.59. The van der Waals surface area contributed by atoms with Crippen LogP contribution in [0.4, 0.5) is 0 Å². The summed E-state index contributed by atoms with van der Waals surface area (Å²) in [5.74, 6) is 3.72. The maximum Gasteiger partial charge on any atom is 0.101 e. The molecule has 0 heterocycles. The van der Waals surface area contributed by atoms with E-state index in [1.165, 1.54) is 32.1 Å². The molecule has 4 saturated carbocycles. The molecule has 4 fully saturated rings. The largest absolute Gasteiger partial charge is 0.389 e. The van der Waals surface area contributed by atoms with Crippen LogP contribution < -0.4 is 5.32 Å². The molecule has 0 aromatic carbocycles. The summed E-state index contributed by atoms with van der Waals surface area (Å²) in [5, 5.41) is 24.2. The molecule has 0 aromatic rings. The van der Waals surface area contributed by atoms with Crippen LogP contribution in [0.3, 0.4) is 0 Å². The second kappa shape index (κ2) is 6.02. The molecule has 4 bridgehead atoms. The summed E-state index contributed by atoms with van der Waals surface area (Å²) in [4.78, 5) is 0. The fraction of sp³-hybridized carbons (Fsp3) is 0.800. The minimum Gasteiger partial charge on any atom is -0.389 e. The summed E-state index contributed by atoms with van der Waals surface area (Å²) in [6, 6.07) is 0.655. The van der Waals surface area contributed by atoms with Gasteiger partial charge in [-0.1, -0.05) is 18.2 Å². The Balaban J connectivity index is 1.35. The van der Waals surface area contributed by atoms with Gasteiger partial charge in [0, 0.05) is 18.5 Å². The predicted octanol–water partition coefficient (Wildman–Crippen LogP) is 2.64. The first-order chi connectivity index (χ1) is 11.0. The van der Waals surface area contributed by atoms with E-state index in [9.17, 15) is 10.2 Å². The number of aliphatic hydroxyl groups is 2. The Labute approximate surface area is 139 Å². The highest BCUT2D eigenvalue weighted by Crippen LogP contribution is 2.53. The first kappa shape index (κ1) is 15.9. The zero-order valence-electron chi connectivity index (χ0n) is 14.2. The second-order valence-electron chi connectivity index (χ2n) is 8.72.